The first-order valence-corrected chi connectivity index (χ1v) is 14.1. The Morgan fingerprint density at radius 2 is 1.88 bits per heavy atom. The van der Waals surface area contributed by atoms with E-state index in [2.05, 4.69) is 15.6 Å². The second-order valence-electron chi connectivity index (χ2n) is 12.1. The van der Waals surface area contributed by atoms with Crippen LogP contribution in [0.15, 0.2) is 30.5 Å². The number of carbonyl (C=O) groups is 4. The molecule has 2 fully saturated rings. The Hall–Kier alpha value is -3.60. The van der Waals surface area contributed by atoms with E-state index in [9.17, 15) is 24.3 Å². The average Bonchev–Trinajstić information content (AvgIpc) is 3.26. The number of carbonyl (C=O) groups excluding carboxylic acids is 3. The molecule has 1 aromatic heterocycles. The second kappa shape index (κ2) is 11.7. The number of hydrogen-bond donors (Lipinski definition) is 3. The fourth-order valence-corrected chi connectivity index (χ4v) is 5.29. The Bertz CT molecular complexity index is 1340. The number of halogens is 1. The molecule has 0 radical (unpaired) electrons. The molecule has 1 aliphatic carbocycles. The Morgan fingerprint density at radius 3 is 2.46 bits per heavy atom. The molecule has 222 valence electrons. The van der Waals surface area contributed by atoms with E-state index in [1.165, 1.54) is 4.90 Å². The van der Waals surface area contributed by atoms with Crippen molar-refractivity contribution in [2.75, 3.05) is 6.54 Å². The quantitative estimate of drug-likeness (QED) is 0.420. The standard InChI is InChI=1S/C29H37ClN4O7/c1-16(2)23(32-27(39)41-28(3,4)5)25(36)34-15-18(14-21(34)24(35)33-29(26(37)38)10-6-11-29)40-22-9-12-31-20-13-17(30)7-8-19(20)22/h7-9,12-13,16,18,21,23H,6,10-11,14-15H2,1-5H3,(H,32,39)(H,33,35)(H,37,38)/t18?,21-,23-/m0/s1. The summed E-state index contributed by atoms with van der Waals surface area (Å²) in [6, 6.07) is 4.93. The van der Waals surface area contributed by atoms with Crippen molar-refractivity contribution in [1.29, 1.82) is 0 Å². The minimum atomic E-state index is -1.35. The van der Waals surface area contributed by atoms with E-state index in [0.29, 0.717) is 40.9 Å². The number of aliphatic carboxylic acids is 1. The summed E-state index contributed by atoms with van der Waals surface area (Å²) in [6.07, 6.45) is 1.68. The molecule has 3 amide bonds. The van der Waals surface area contributed by atoms with E-state index in [-0.39, 0.29) is 18.9 Å². The number of nitrogens with one attached hydrogen (secondary N) is 2. The minimum absolute atomic E-state index is 0.0492. The molecule has 1 unspecified atom stereocenters. The molecule has 1 aromatic carbocycles. The van der Waals surface area contributed by atoms with Gasteiger partial charge in [0.1, 0.15) is 35.1 Å². The van der Waals surface area contributed by atoms with Gasteiger partial charge in [0.25, 0.3) is 0 Å². The number of pyridine rings is 1. The number of fused-ring (bicyclic) bond motifs is 1. The van der Waals surface area contributed by atoms with E-state index in [4.69, 9.17) is 21.1 Å². The van der Waals surface area contributed by atoms with Gasteiger partial charge in [-0.15, -0.1) is 0 Å². The van der Waals surface area contributed by atoms with Crippen LogP contribution in [0.25, 0.3) is 10.9 Å². The lowest BCUT2D eigenvalue weighted by Crippen LogP contribution is -2.63. The van der Waals surface area contributed by atoms with Crippen LogP contribution < -0.4 is 15.4 Å². The molecule has 1 saturated carbocycles. The number of carboxylic acids is 1. The predicted octanol–water partition coefficient (Wildman–Crippen LogP) is 3.91. The summed E-state index contributed by atoms with van der Waals surface area (Å²) in [5.74, 6) is -1.98. The van der Waals surface area contributed by atoms with Gasteiger partial charge in [-0.05, 0) is 70.2 Å². The molecule has 4 rings (SSSR count). The van der Waals surface area contributed by atoms with Crippen LogP contribution in [0.3, 0.4) is 0 Å². The van der Waals surface area contributed by atoms with E-state index in [1.54, 1.807) is 65.1 Å². The number of benzene rings is 1. The number of hydrogen-bond acceptors (Lipinski definition) is 7. The maximum Gasteiger partial charge on any atom is 0.408 e. The van der Waals surface area contributed by atoms with E-state index in [1.807, 2.05) is 0 Å². The van der Waals surface area contributed by atoms with Crippen molar-refractivity contribution >= 4 is 46.4 Å². The molecule has 0 bridgehead atoms. The highest BCUT2D eigenvalue weighted by molar-refractivity contribution is 6.31. The Morgan fingerprint density at radius 1 is 1.17 bits per heavy atom. The van der Waals surface area contributed by atoms with Crippen molar-refractivity contribution in [2.45, 2.75) is 89.6 Å². The van der Waals surface area contributed by atoms with Gasteiger partial charge in [-0.3, -0.25) is 14.6 Å². The smallest absolute Gasteiger partial charge is 0.408 e. The molecular weight excluding hydrogens is 552 g/mol. The van der Waals surface area contributed by atoms with Gasteiger partial charge in [0.15, 0.2) is 0 Å². The third kappa shape index (κ3) is 6.83. The summed E-state index contributed by atoms with van der Waals surface area (Å²) in [5, 5.41) is 16.4. The molecule has 2 aliphatic rings. The van der Waals surface area contributed by atoms with Crippen molar-refractivity contribution in [3.05, 3.63) is 35.5 Å². The van der Waals surface area contributed by atoms with Crippen LogP contribution in [-0.2, 0) is 19.1 Å². The summed E-state index contributed by atoms with van der Waals surface area (Å²) in [7, 11) is 0. The van der Waals surface area contributed by atoms with Gasteiger partial charge in [-0.1, -0.05) is 25.4 Å². The average molecular weight is 589 g/mol. The lowest BCUT2D eigenvalue weighted by atomic mass is 9.76. The summed E-state index contributed by atoms with van der Waals surface area (Å²) < 4.78 is 11.7. The van der Waals surface area contributed by atoms with Gasteiger partial charge in [0.2, 0.25) is 11.8 Å². The maximum absolute atomic E-state index is 13.9. The first-order valence-electron chi connectivity index (χ1n) is 13.8. The van der Waals surface area contributed by atoms with Crippen LogP contribution >= 0.6 is 11.6 Å². The molecule has 2 aromatic rings. The van der Waals surface area contributed by atoms with Crippen molar-refractivity contribution in [3.8, 4) is 5.75 Å². The first-order chi connectivity index (χ1) is 19.2. The van der Waals surface area contributed by atoms with E-state index >= 15 is 0 Å². The Labute approximate surface area is 243 Å². The molecule has 1 saturated heterocycles. The molecule has 11 nitrogen and oxygen atoms in total. The minimum Gasteiger partial charge on any atom is -0.488 e. The second-order valence-corrected chi connectivity index (χ2v) is 12.5. The molecule has 2 heterocycles. The molecule has 1 aliphatic heterocycles. The SMILES string of the molecule is CC(C)[C@H](NC(=O)OC(C)(C)C)C(=O)N1CC(Oc2ccnc3cc(Cl)ccc23)C[C@H]1C(=O)NC1(C(=O)O)CCC1. The maximum atomic E-state index is 13.9. The summed E-state index contributed by atoms with van der Waals surface area (Å²) >= 11 is 6.12. The molecule has 41 heavy (non-hydrogen) atoms. The highest BCUT2D eigenvalue weighted by Gasteiger charge is 2.50. The number of rotatable bonds is 8. The zero-order valence-corrected chi connectivity index (χ0v) is 24.7. The van der Waals surface area contributed by atoms with Crippen LogP contribution in [-0.4, -0.2) is 74.7 Å². The van der Waals surface area contributed by atoms with Crippen LogP contribution in [0.5, 0.6) is 5.75 Å². The molecular formula is C29H37ClN4O7. The van der Waals surface area contributed by atoms with Crippen molar-refractivity contribution in [3.63, 3.8) is 0 Å². The fourth-order valence-electron chi connectivity index (χ4n) is 5.12. The first kappa shape index (κ1) is 30.4. The monoisotopic (exact) mass is 588 g/mol. The summed E-state index contributed by atoms with van der Waals surface area (Å²) in [4.78, 5) is 57.7. The van der Waals surface area contributed by atoms with Gasteiger partial charge < -0.3 is 30.1 Å². The zero-order chi connectivity index (χ0) is 30.1. The van der Waals surface area contributed by atoms with Gasteiger partial charge in [0, 0.05) is 23.0 Å². The van der Waals surface area contributed by atoms with E-state index in [0.717, 1.165) is 0 Å². The predicted molar refractivity (Wildman–Crippen MR) is 152 cm³/mol. The number of carboxylic acid groups (broad SMARTS) is 1. The van der Waals surface area contributed by atoms with Gasteiger partial charge >= 0.3 is 12.1 Å². The number of likely N-dealkylation sites (tertiary alicyclic amines) is 1. The molecule has 3 N–H and O–H groups in total. The van der Waals surface area contributed by atoms with Gasteiger partial charge in [-0.25, -0.2) is 9.59 Å². The zero-order valence-electron chi connectivity index (χ0n) is 23.9. The number of nitrogens with zero attached hydrogens (tertiary/aromatic N) is 2. The lowest BCUT2D eigenvalue weighted by molar-refractivity contribution is -0.153. The highest BCUT2D eigenvalue weighted by atomic mass is 35.5. The Kier molecular flexibility index (Phi) is 8.67. The molecule has 3 atom stereocenters. The topological polar surface area (TPSA) is 147 Å². The normalized spacial score (nSPS) is 20.7. The van der Waals surface area contributed by atoms with Crippen LogP contribution in [0.1, 0.15) is 60.3 Å². The Balaban J connectivity index is 1.60. The van der Waals surface area contributed by atoms with Crippen molar-refractivity contribution in [2.24, 2.45) is 5.92 Å². The summed E-state index contributed by atoms with van der Waals surface area (Å²) in [5.41, 5.74) is -1.49. The van der Waals surface area contributed by atoms with Gasteiger partial charge in [-0.2, -0.15) is 0 Å². The van der Waals surface area contributed by atoms with Crippen molar-refractivity contribution < 1.29 is 33.8 Å². The molecule has 0 spiro atoms. The number of amides is 3. The molecule has 12 heteroatoms. The van der Waals surface area contributed by atoms with Crippen molar-refractivity contribution in [1.82, 2.24) is 20.5 Å². The summed E-state index contributed by atoms with van der Waals surface area (Å²) in [6.45, 7) is 8.76. The van der Waals surface area contributed by atoms with Crippen LogP contribution in [0.4, 0.5) is 4.79 Å². The van der Waals surface area contributed by atoms with E-state index < -0.39 is 53.2 Å². The number of aromatic nitrogens is 1. The number of ether oxygens (including phenoxy) is 2. The third-order valence-electron chi connectivity index (χ3n) is 7.39. The lowest BCUT2D eigenvalue weighted by Gasteiger charge is -2.40. The highest BCUT2D eigenvalue weighted by Crippen LogP contribution is 2.34. The third-order valence-corrected chi connectivity index (χ3v) is 7.63. The largest absolute Gasteiger partial charge is 0.488 e. The van der Waals surface area contributed by atoms with Gasteiger partial charge in [0.05, 0.1) is 12.1 Å². The number of alkyl carbamates (subject to hydrolysis) is 1. The van der Waals surface area contributed by atoms with Crippen LogP contribution in [0.2, 0.25) is 5.02 Å². The van der Waals surface area contributed by atoms with Crippen LogP contribution in [0, 0.1) is 5.92 Å². The fraction of sp³-hybridized carbons (Fsp3) is 0.552.